The number of nitrogens with one attached hydrogen (secondary N) is 1. The monoisotopic (exact) mass is 638 g/mol. The Balaban J connectivity index is 0.967. The van der Waals surface area contributed by atoms with Crippen molar-refractivity contribution in [3.8, 4) is 11.1 Å². The van der Waals surface area contributed by atoms with Crippen molar-refractivity contribution in [2.24, 2.45) is 0 Å². The largest absolute Gasteiger partial charge is 0.448 e. The number of carbonyl (C=O) groups excluding carboxylic acids is 1. The molecule has 14 heteroatoms. The summed E-state index contributed by atoms with van der Waals surface area (Å²) in [5, 5.41) is 24.8. The predicted octanol–water partition coefficient (Wildman–Crippen LogP) is 4.86. The van der Waals surface area contributed by atoms with Gasteiger partial charge < -0.3 is 33.9 Å². The number of ether oxygens (including phenoxy) is 5. The number of benzene rings is 3. The zero-order valence-electron chi connectivity index (χ0n) is 25.6. The standard InChI is InChI=1S/C32H38N4O10/c1-34(32(37)46-23-29-27-8-4-2-6-25(27)26-7-3-5-9-28(26)29)13-15-43-17-19-45-21-20-44-18-16-42-14-12-33-30-11-10-24(35(38)39)22-31(30)36(40)41/h2-11,22,29,33H,12-21,23H2,1H3. The zero-order chi connectivity index (χ0) is 32.7. The molecule has 1 aliphatic carbocycles. The zero-order valence-corrected chi connectivity index (χ0v) is 25.6. The highest BCUT2D eigenvalue weighted by Crippen LogP contribution is 2.44. The molecule has 14 nitrogen and oxygen atoms in total. The van der Waals surface area contributed by atoms with Gasteiger partial charge in [-0.1, -0.05) is 48.5 Å². The number of carbonyl (C=O) groups is 1. The van der Waals surface area contributed by atoms with Crippen LogP contribution in [0.25, 0.3) is 11.1 Å². The normalized spacial score (nSPS) is 11.9. The van der Waals surface area contributed by atoms with Gasteiger partial charge in [-0.2, -0.15) is 0 Å². The number of amides is 1. The highest BCUT2D eigenvalue weighted by Gasteiger charge is 2.29. The number of fused-ring (bicyclic) bond motifs is 3. The van der Waals surface area contributed by atoms with Gasteiger partial charge in [0.05, 0.1) is 68.8 Å². The third-order valence-corrected chi connectivity index (χ3v) is 7.29. The van der Waals surface area contributed by atoms with Crippen molar-refractivity contribution in [3.05, 3.63) is 98.1 Å². The maximum absolute atomic E-state index is 12.6. The molecule has 0 spiro atoms. The molecule has 0 aromatic heterocycles. The van der Waals surface area contributed by atoms with Crippen LogP contribution in [-0.2, 0) is 23.7 Å². The van der Waals surface area contributed by atoms with Gasteiger partial charge in [0.15, 0.2) is 0 Å². The Bertz CT molecular complexity index is 1420. The Labute approximate surface area is 266 Å². The average molecular weight is 639 g/mol. The molecule has 1 N–H and O–H groups in total. The third kappa shape index (κ3) is 9.68. The summed E-state index contributed by atoms with van der Waals surface area (Å²) in [6.45, 7) is 3.75. The van der Waals surface area contributed by atoms with Crippen LogP contribution in [-0.4, -0.2) is 100 Å². The van der Waals surface area contributed by atoms with Crippen molar-refractivity contribution >= 4 is 23.2 Å². The molecule has 0 bridgehead atoms. The van der Waals surface area contributed by atoms with Crippen molar-refractivity contribution in [3.63, 3.8) is 0 Å². The number of hydrogen-bond donors (Lipinski definition) is 1. The first-order chi connectivity index (χ1) is 22.4. The van der Waals surface area contributed by atoms with Gasteiger partial charge in [-0.3, -0.25) is 20.2 Å². The van der Waals surface area contributed by atoms with Crippen LogP contribution in [0.4, 0.5) is 21.9 Å². The lowest BCUT2D eigenvalue weighted by Crippen LogP contribution is -2.32. The van der Waals surface area contributed by atoms with Gasteiger partial charge in [0.25, 0.3) is 11.4 Å². The second-order valence-electron chi connectivity index (χ2n) is 10.3. The van der Waals surface area contributed by atoms with E-state index in [1.165, 1.54) is 39.3 Å². The highest BCUT2D eigenvalue weighted by molar-refractivity contribution is 5.79. The minimum atomic E-state index is -0.683. The van der Waals surface area contributed by atoms with Gasteiger partial charge in [-0.25, -0.2) is 4.79 Å². The summed E-state index contributed by atoms with van der Waals surface area (Å²) in [4.78, 5) is 34.7. The van der Waals surface area contributed by atoms with Gasteiger partial charge >= 0.3 is 6.09 Å². The molecule has 0 saturated carbocycles. The van der Waals surface area contributed by atoms with Crippen LogP contribution in [0.3, 0.4) is 0 Å². The smallest absolute Gasteiger partial charge is 0.409 e. The quantitative estimate of drug-likeness (QED) is 0.102. The van der Waals surface area contributed by atoms with Crippen LogP contribution >= 0.6 is 0 Å². The van der Waals surface area contributed by atoms with Crippen molar-refractivity contribution in [2.45, 2.75) is 5.92 Å². The molecule has 46 heavy (non-hydrogen) atoms. The number of nitro benzene ring substituents is 2. The molecule has 3 aromatic carbocycles. The van der Waals surface area contributed by atoms with E-state index in [2.05, 4.69) is 29.6 Å². The summed E-state index contributed by atoms with van der Waals surface area (Å²) in [6.07, 6.45) is -0.396. The number of nitro groups is 2. The Hall–Kier alpha value is -4.63. The number of non-ortho nitro benzene ring substituents is 1. The average Bonchev–Trinajstić information content (AvgIpc) is 3.38. The first-order valence-corrected chi connectivity index (χ1v) is 14.9. The molecule has 0 saturated heterocycles. The van der Waals surface area contributed by atoms with Gasteiger partial charge in [-0.15, -0.1) is 0 Å². The third-order valence-electron chi connectivity index (χ3n) is 7.29. The van der Waals surface area contributed by atoms with Crippen LogP contribution < -0.4 is 5.32 Å². The molecule has 0 fully saturated rings. The highest BCUT2D eigenvalue weighted by atomic mass is 16.6. The molecule has 246 valence electrons. The fourth-order valence-electron chi connectivity index (χ4n) is 4.95. The lowest BCUT2D eigenvalue weighted by molar-refractivity contribution is -0.393. The molecule has 0 atom stereocenters. The lowest BCUT2D eigenvalue weighted by Gasteiger charge is -2.19. The number of nitrogens with zero attached hydrogens (tertiary/aromatic N) is 3. The van der Waals surface area contributed by atoms with Crippen molar-refractivity contribution in [2.75, 3.05) is 84.9 Å². The van der Waals surface area contributed by atoms with E-state index in [-0.39, 0.29) is 42.7 Å². The molecule has 0 aliphatic heterocycles. The van der Waals surface area contributed by atoms with Crippen LogP contribution in [0.5, 0.6) is 0 Å². The van der Waals surface area contributed by atoms with Crippen LogP contribution in [0.2, 0.25) is 0 Å². The topological polar surface area (TPSA) is 165 Å². The Kier molecular flexibility index (Phi) is 13.2. The number of anilines is 1. The Morgan fingerprint density at radius 3 is 1.87 bits per heavy atom. The number of likely N-dealkylation sites (N-methyl/N-ethyl adjacent to an activating group) is 1. The summed E-state index contributed by atoms with van der Waals surface area (Å²) in [5.41, 5.74) is 4.17. The number of rotatable bonds is 20. The summed E-state index contributed by atoms with van der Waals surface area (Å²) >= 11 is 0. The second kappa shape index (κ2) is 17.8. The molecule has 0 unspecified atom stereocenters. The molecule has 1 amide bonds. The lowest BCUT2D eigenvalue weighted by atomic mass is 9.98. The van der Waals surface area contributed by atoms with E-state index in [1.807, 2.05) is 24.3 Å². The van der Waals surface area contributed by atoms with Crippen LogP contribution in [0.15, 0.2) is 66.7 Å². The predicted molar refractivity (Wildman–Crippen MR) is 169 cm³/mol. The van der Waals surface area contributed by atoms with E-state index >= 15 is 0 Å². The molecule has 0 heterocycles. The second-order valence-corrected chi connectivity index (χ2v) is 10.3. The molecular formula is C32H38N4O10. The summed E-state index contributed by atoms with van der Waals surface area (Å²) in [5.74, 6) is 0.0152. The fraction of sp³-hybridized carbons (Fsp3) is 0.406. The van der Waals surface area contributed by atoms with Gasteiger partial charge in [0, 0.05) is 32.1 Å². The summed E-state index contributed by atoms with van der Waals surface area (Å²) in [7, 11) is 1.68. The SMILES string of the molecule is CN(CCOCCOCCOCCOCCNc1ccc([N+](=O)[O-])cc1[N+](=O)[O-])C(=O)OCC1c2ccccc2-c2ccccc21. The minimum absolute atomic E-state index is 0.0152. The van der Waals surface area contributed by atoms with Gasteiger partial charge in [0.2, 0.25) is 0 Å². The molecule has 1 aliphatic rings. The Morgan fingerprint density at radius 2 is 1.30 bits per heavy atom. The first-order valence-electron chi connectivity index (χ1n) is 14.9. The molecule has 3 aromatic rings. The molecule has 4 rings (SSSR count). The van der Waals surface area contributed by atoms with E-state index < -0.39 is 15.9 Å². The van der Waals surface area contributed by atoms with Crippen molar-refractivity contribution < 1.29 is 38.3 Å². The summed E-state index contributed by atoms with van der Waals surface area (Å²) < 4.78 is 27.6. The summed E-state index contributed by atoms with van der Waals surface area (Å²) in [6, 6.07) is 19.8. The van der Waals surface area contributed by atoms with E-state index in [0.717, 1.165) is 6.07 Å². The van der Waals surface area contributed by atoms with E-state index in [1.54, 1.807) is 7.05 Å². The van der Waals surface area contributed by atoms with Gasteiger partial charge in [0.1, 0.15) is 12.3 Å². The van der Waals surface area contributed by atoms with Crippen LogP contribution in [0, 0.1) is 20.2 Å². The van der Waals surface area contributed by atoms with E-state index in [4.69, 9.17) is 23.7 Å². The fourth-order valence-corrected chi connectivity index (χ4v) is 4.95. The Morgan fingerprint density at radius 1 is 0.761 bits per heavy atom. The molecular weight excluding hydrogens is 600 g/mol. The van der Waals surface area contributed by atoms with E-state index in [0.29, 0.717) is 52.8 Å². The number of hydrogen-bond acceptors (Lipinski definition) is 11. The van der Waals surface area contributed by atoms with E-state index in [9.17, 15) is 25.0 Å². The minimum Gasteiger partial charge on any atom is -0.448 e. The molecule has 0 radical (unpaired) electrons. The maximum atomic E-state index is 12.6. The van der Waals surface area contributed by atoms with Crippen molar-refractivity contribution in [1.29, 1.82) is 0 Å². The first kappa shape index (κ1) is 34.2. The van der Waals surface area contributed by atoms with Crippen molar-refractivity contribution in [1.82, 2.24) is 4.90 Å². The maximum Gasteiger partial charge on any atom is 0.409 e. The van der Waals surface area contributed by atoms with Gasteiger partial charge in [-0.05, 0) is 28.3 Å². The van der Waals surface area contributed by atoms with Crippen LogP contribution in [0.1, 0.15) is 17.0 Å².